The molecule has 10 heteroatoms. The molecule has 0 saturated heterocycles. The molecule has 1 N–H and O–H groups in total. The second-order valence-corrected chi connectivity index (χ2v) is 10.7. The minimum atomic E-state index is -4.59. The van der Waals surface area contributed by atoms with Gasteiger partial charge in [-0.15, -0.1) is 0 Å². The topological polar surface area (TPSA) is 85.4 Å². The zero-order chi connectivity index (χ0) is 25.3. The molecular formula is C24H23F3N2O4S. The van der Waals surface area contributed by atoms with Crippen LogP contribution < -0.4 is 10.1 Å². The Labute approximate surface area is 195 Å². The summed E-state index contributed by atoms with van der Waals surface area (Å²) in [5.74, 6) is -0.445. The van der Waals surface area contributed by atoms with Crippen molar-refractivity contribution < 1.29 is 31.1 Å². The number of sulfone groups is 1. The number of carbonyl (C=O) groups excluding carboxylic acids is 1. The van der Waals surface area contributed by atoms with E-state index in [1.807, 2.05) is 20.8 Å². The molecule has 180 valence electrons. The molecule has 2 aromatic carbocycles. The van der Waals surface area contributed by atoms with Gasteiger partial charge in [-0.25, -0.2) is 13.4 Å². The van der Waals surface area contributed by atoms with Crippen molar-refractivity contribution in [3.8, 4) is 11.5 Å². The Bertz CT molecular complexity index is 1310. The molecule has 0 aliphatic carbocycles. The monoisotopic (exact) mass is 492 g/mol. The van der Waals surface area contributed by atoms with Gasteiger partial charge in [0.25, 0.3) is 5.91 Å². The summed E-state index contributed by atoms with van der Waals surface area (Å²) in [4.78, 5) is 16.5. The van der Waals surface area contributed by atoms with Crippen molar-refractivity contribution in [2.24, 2.45) is 0 Å². The molecule has 0 atom stereocenters. The number of nitrogens with one attached hydrogen (secondary N) is 1. The number of ether oxygens (including phenoxy) is 1. The summed E-state index contributed by atoms with van der Waals surface area (Å²) in [5, 5.41) is 2.64. The molecule has 3 rings (SSSR count). The molecule has 6 nitrogen and oxygen atoms in total. The number of hydrogen-bond acceptors (Lipinski definition) is 5. The van der Waals surface area contributed by atoms with Crippen LogP contribution in [0.2, 0.25) is 0 Å². The summed E-state index contributed by atoms with van der Waals surface area (Å²) in [6.07, 6.45) is -2.59. The standard InChI is InChI=1S/C24H23F3N2O4S/c1-23(2,3)15-8-10-19(22(30)29-16-6-5-7-18(13-16)34(4,31)32)20(12-15)33-17-9-11-21(28-14-17)24(25,26)27/h5-14H,1-4H3,(H,29,30). The molecule has 0 radical (unpaired) electrons. The lowest BCUT2D eigenvalue weighted by Crippen LogP contribution is -2.16. The van der Waals surface area contributed by atoms with E-state index in [9.17, 15) is 26.4 Å². The number of carbonyl (C=O) groups is 1. The van der Waals surface area contributed by atoms with Crippen molar-refractivity contribution in [1.82, 2.24) is 4.98 Å². The number of amides is 1. The van der Waals surface area contributed by atoms with Crippen molar-refractivity contribution in [1.29, 1.82) is 0 Å². The van der Waals surface area contributed by atoms with Crippen LogP contribution >= 0.6 is 0 Å². The predicted molar refractivity (Wildman–Crippen MR) is 122 cm³/mol. The molecular weight excluding hydrogens is 469 g/mol. The van der Waals surface area contributed by atoms with Crippen molar-refractivity contribution >= 4 is 21.4 Å². The lowest BCUT2D eigenvalue weighted by Gasteiger charge is -2.21. The van der Waals surface area contributed by atoms with Crippen LogP contribution in [0.1, 0.15) is 42.4 Å². The first-order valence-electron chi connectivity index (χ1n) is 10.1. The summed E-state index contributed by atoms with van der Waals surface area (Å²) in [6, 6.07) is 12.6. The van der Waals surface area contributed by atoms with Gasteiger partial charge in [0.15, 0.2) is 9.84 Å². The molecule has 0 bridgehead atoms. The average Bonchev–Trinajstić information content (AvgIpc) is 2.72. The Balaban J connectivity index is 1.96. The fourth-order valence-electron chi connectivity index (χ4n) is 3.00. The van der Waals surface area contributed by atoms with E-state index in [0.717, 1.165) is 30.1 Å². The van der Waals surface area contributed by atoms with E-state index < -0.39 is 27.6 Å². The number of nitrogens with zero attached hydrogens (tertiary/aromatic N) is 1. The Morgan fingerprint density at radius 2 is 1.71 bits per heavy atom. The highest BCUT2D eigenvalue weighted by atomic mass is 32.2. The Hall–Kier alpha value is -3.40. The van der Waals surface area contributed by atoms with E-state index in [1.165, 1.54) is 24.3 Å². The molecule has 0 unspecified atom stereocenters. The first-order valence-corrected chi connectivity index (χ1v) is 12.0. The quantitative estimate of drug-likeness (QED) is 0.483. The first kappa shape index (κ1) is 25.2. The molecule has 0 saturated carbocycles. The van der Waals surface area contributed by atoms with Gasteiger partial charge >= 0.3 is 6.18 Å². The van der Waals surface area contributed by atoms with Gasteiger partial charge in [-0.1, -0.05) is 32.9 Å². The maximum atomic E-state index is 13.0. The van der Waals surface area contributed by atoms with Gasteiger partial charge in [0.2, 0.25) is 0 Å². The highest BCUT2D eigenvalue weighted by Crippen LogP contribution is 2.33. The van der Waals surface area contributed by atoms with E-state index in [2.05, 4.69) is 10.3 Å². The third-order valence-electron chi connectivity index (χ3n) is 4.87. The van der Waals surface area contributed by atoms with Crippen molar-refractivity contribution in [3.63, 3.8) is 0 Å². The van der Waals surface area contributed by atoms with E-state index in [1.54, 1.807) is 18.2 Å². The summed E-state index contributed by atoms with van der Waals surface area (Å²) in [7, 11) is -3.47. The number of hydrogen-bond donors (Lipinski definition) is 1. The van der Waals surface area contributed by atoms with Crippen LogP contribution in [0, 0.1) is 0 Å². The normalized spacial score (nSPS) is 12.3. The van der Waals surface area contributed by atoms with Gasteiger partial charge in [0, 0.05) is 11.9 Å². The summed E-state index contributed by atoms with van der Waals surface area (Å²) < 4.78 is 67.8. The van der Waals surface area contributed by atoms with Gasteiger partial charge in [0.1, 0.15) is 17.2 Å². The molecule has 0 spiro atoms. The van der Waals surface area contributed by atoms with Crippen LogP contribution in [0.4, 0.5) is 18.9 Å². The minimum absolute atomic E-state index is 0.0205. The minimum Gasteiger partial charge on any atom is -0.455 e. The number of pyridine rings is 1. The Kier molecular flexibility index (Phi) is 6.75. The van der Waals surface area contributed by atoms with Crippen molar-refractivity contribution in [2.75, 3.05) is 11.6 Å². The lowest BCUT2D eigenvalue weighted by atomic mass is 9.86. The fraction of sp³-hybridized carbons (Fsp3) is 0.250. The largest absolute Gasteiger partial charge is 0.455 e. The Morgan fingerprint density at radius 3 is 2.26 bits per heavy atom. The molecule has 0 fully saturated rings. The molecule has 1 aromatic heterocycles. The highest BCUT2D eigenvalue weighted by molar-refractivity contribution is 7.90. The van der Waals surface area contributed by atoms with E-state index in [4.69, 9.17) is 4.74 Å². The van der Waals surface area contributed by atoms with E-state index >= 15 is 0 Å². The van der Waals surface area contributed by atoms with E-state index in [-0.39, 0.29) is 33.1 Å². The first-order chi connectivity index (χ1) is 15.6. The van der Waals surface area contributed by atoms with Crippen LogP contribution in [0.25, 0.3) is 0 Å². The highest BCUT2D eigenvalue weighted by Gasteiger charge is 2.32. The Morgan fingerprint density at radius 1 is 1.00 bits per heavy atom. The number of benzene rings is 2. The van der Waals surface area contributed by atoms with Crippen LogP contribution in [0.15, 0.2) is 65.7 Å². The number of anilines is 1. The number of rotatable bonds is 5. The van der Waals surface area contributed by atoms with Crippen LogP contribution in [0.3, 0.4) is 0 Å². The zero-order valence-electron chi connectivity index (χ0n) is 18.9. The van der Waals surface area contributed by atoms with Gasteiger partial charge in [-0.3, -0.25) is 4.79 Å². The second-order valence-electron chi connectivity index (χ2n) is 8.69. The maximum Gasteiger partial charge on any atom is 0.433 e. The van der Waals surface area contributed by atoms with Gasteiger partial charge < -0.3 is 10.1 Å². The van der Waals surface area contributed by atoms with Crippen LogP contribution in [-0.4, -0.2) is 25.6 Å². The number of alkyl halides is 3. The molecule has 1 heterocycles. The SMILES string of the molecule is CC(C)(C)c1ccc(C(=O)Nc2cccc(S(C)(=O)=O)c2)c(Oc2ccc(C(F)(F)F)nc2)c1. The van der Waals surface area contributed by atoms with Gasteiger partial charge in [-0.05, 0) is 53.4 Å². The average molecular weight is 493 g/mol. The molecule has 3 aromatic rings. The van der Waals surface area contributed by atoms with Crippen molar-refractivity contribution in [2.45, 2.75) is 37.3 Å². The predicted octanol–water partition coefficient (Wildman–Crippen LogP) is 5.85. The van der Waals surface area contributed by atoms with Crippen LogP contribution in [0.5, 0.6) is 11.5 Å². The van der Waals surface area contributed by atoms with Gasteiger partial charge in [-0.2, -0.15) is 13.2 Å². The molecule has 0 aliphatic rings. The number of aromatic nitrogens is 1. The molecule has 0 aliphatic heterocycles. The fourth-order valence-corrected chi connectivity index (χ4v) is 3.67. The summed E-state index contributed by atoms with van der Waals surface area (Å²) in [5.41, 5.74) is -0.160. The third-order valence-corrected chi connectivity index (χ3v) is 5.98. The van der Waals surface area contributed by atoms with E-state index in [0.29, 0.717) is 0 Å². The second kappa shape index (κ2) is 9.09. The summed E-state index contributed by atoms with van der Waals surface area (Å²) in [6.45, 7) is 5.88. The smallest absolute Gasteiger partial charge is 0.433 e. The summed E-state index contributed by atoms with van der Waals surface area (Å²) >= 11 is 0. The lowest BCUT2D eigenvalue weighted by molar-refractivity contribution is -0.141. The maximum absolute atomic E-state index is 13.0. The number of halogens is 3. The van der Waals surface area contributed by atoms with Crippen LogP contribution in [-0.2, 0) is 21.4 Å². The zero-order valence-corrected chi connectivity index (χ0v) is 19.7. The third kappa shape index (κ3) is 6.13. The van der Waals surface area contributed by atoms with Crippen molar-refractivity contribution in [3.05, 3.63) is 77.6 Å². The molecule has 34 heavy (non-hydrogen) atoms. The molecule has 1 amide bonds. The van der Waals surface area contributed by atoms with Gasteiger partial charge in [0.05, 0.1) is 16.7 Å².